The minimum atomic E-state index is -0.119. The lowest BCUT2D eigenvalue weighted by Gasteiger charge is -2.22. The highest BCUT2D eigenvalue weighted by molar-refractivity contribution is 5.92. The van der Waals surface area contributed by atoms with Crippen molar-refractivity contribution in [2.75, 3.05) is 25.0 Å². The molecule has 1 aliphatic heterocycles. The van der Waals surface area contributed by atoms with Crippen LogP contribution < -0.4 is 10.6 Å². The number of aromatic nitrogens is 1. The number of nitrogens with zero attached hydrogens (tertiary/aromatic N) is 1. The van der Waals surface area contributed by atoms with Gasteiger partial charge in [0.05, 0.1) is 6.10 Å². The van der Waals surface area contributed by atoms with Gasteiger partial charge < -0.3 is 15.4 Å². The summed E-state index contributed by atoms with van der Waals surface area (Å²) in [6, 6.07) is 5.47. The Kier molecular flexibility index (Phi) is 6.47. The van der Waals surface area contributed by atoms with Gasteiger partial charge in [0.25, 0.3) is 5.91 Å². The summed E-state index contributed by atoms with van der Waals surface area (Å²) in [4.78, 5) is 16.4. The summed E-state index contributed by atoms with van der Waals surface area (Å²) in [5, 5.41) is 6.11. The average molecular weight is 291 g/mol. The maximum absolute atomic E-state index is 12.1. The lowest BCUT2D eigenvalue weighted by atomic mass is 10.1. The first-order chi connectivity index (χ1) is 10.3. The van der Waals surface area contributed by atoms with Crippen molar-refractivity contribution in [2.24, 2.45) is 0 Å². The molecule has 0 bridgehead atoms. The largest absolute Gasteiger partial charge is 0.378 e. The van der Waals surface area contributed by atoms with Gasteiger partial charge in [0, 0.05) is 19.7 Å². The Morgan fingerprint density at radius 3 is 3.05 bits per heavy atom. The zero-order valence-corrected chi connectivity index (χ0v) is 12.7. The molecule has 1 fully saturated rings. The van der Waals surface area contributed by atoms with E-state index in [9.17, 15) is 4.79 Å². The number of hydrogen-bond acceptors (Lipinski definition) is 4. The third-order valence-electron chi connectivity index (χ3n) is 3.56. The number of hydrogen-bond donors (Lipinski definition) is 2. The van der Waals surface area contributed by atoms with Crippen molar-refractivity contribution in [2.45, 2.75) is 45.1 Å². The number of pyridine rings is 1. The van der Waals surface area contributed by atoms with Gasteiger partial charge in [0.15, 0.2) is 0 Å². The molecule has 2 N–H and O–H groups in total. The fourth-order valence-electron chi connectivity index (χ4n) is 2.39. The van der Waals surface area contributed by atoms with E-state index < -0.39 is 0 Å². The summed E-state index contributed by atoms with van der Waals surface area (Å²) >= 11 is 0. The van der Waals surface area contributed by atoms with Crippen molar-refractivity contribution >= 4 is 11.7 Å². The molecule has 1 unspecified atom stereocenters. The van der Waals surface area contributed by atoms with E-state index in [1.54, 1.807) is 6.07 Å². The molecule has 0 saturated carbocycles. The second kappa shape index (κ2) is 8.62. The van der Waals surface area contributed by atoms with Crippen LogP contribution in [0.5, 0.6) is 0 Å². The second-order valence-corrected chi connectivity index (χ2v) is 5.37. The van der Waals surface area contributed by atoms with E-state index in [-0.39, 0.29) is 5.91 Å². The molecular weight excluding hydrogens is 266 g/mol. The van der Waals surface area contributed by atoms with E-state index >= 15 is 0 Å². The van der Waals surface area contributed by atoms with Gasteiger partial charge in [0.2, 0.25) is 0 Å². The van der Waals surface area contributed by atoms with Crippen LogP contribution in [0.25, 0.3) is 0 Å². The van der Waals surface area contributed by atoms with Gasteiger partial charge in [-0.05, 0) is 44.2 Å². The molecular formula is C16H25N3O2. The van der Waals surface area contributed by atoms with Crippen LogP contribution in [0.15, 0.2) is 18.2 Å². The Bertz CT molecular complexity index is 445. The maximum Gasteiger partial charge on any atom is 0.269 e. The Labute approximate surface area is 126 Å². The van der Waals surface area contributed by atoms with Crippen LogP contribution in [-0.4, -0.2) is 36.7 Å². The van der Waals surface area contributed by atoms with E-state index in [0.29, 0.717) is 18.3 Å². The summed E-state index contributed by atoms with van der Waals surface area (Å²) in [7, 11) is 0. The summed E-state index contributed by atoms with van der Waals surface area (Å²) < 4.78 is 5.65. The first-order valence-electron chi connectivity index (χ1n) is 7.90. The molecule has 0 spiro atoms. The summed E-state index contributed by atoms with van der Waals surface area (Å²) in [5.41, 5.74) is 0.459. The van der Waals surface area contributed by atoms with Crippen molar-refractivity contribution in [3.05, 3.63) is 23.9 Å². The summed E-state index contributed by atoms with van der Waals surface area (Å²) in [6.45, 7) is 4.44. The minimum Gasteiger partial charge on any atom is -0.378 e. The van der Waals surface area contributed by atoms with Crippen LogP contribution >= 0.6 is 0 Å². The van der Waals surface area contributed by atoms with E-state index in [1.807, 2.05) is 12.1 Å². The molecule has 1 saturated heterocycles. The Morgan fingerprint density at radius 1 is 1.38 bits per heavy atom. The quantitative estimate of drug-likeness (QED) is 0.810. The Hall–Kier alpha value is -1.62. The number of amides is 1. The van der Waals surface area contributed by atoms with Crippen molar-refractivity contribution in [3.8, 4) is 0 Å². The molecule has 0 radical (unpaired) electrons. The third kappa shape index (κ3) is 5.34. The van der Waals surface area contributed by atoms with Gasteiger partial charge >= 0.3 is 0 Å². The number of rotatable bonds is 7. The average Bonchev–Trinajstić information content (AvgIpc) is 2.54. The first-order valence-corrected chi connectivity index (χ1v) is 7.90. The van der Waals surface area contributed by atoms with Gasteiger partial charge in [-0.15, -0.1) is 0 Å². The number of nitrogens with one attached hydrogen (secondary N) is 2. The molecule has 21 heavy (non-hydrogen) atoms. The minimum absolute atomic E-state index is 0.119. The van der Waals surface area contributed by atoms with Crippen LogP contribution in [-0.2, 0) is 4.74 Å². The molecule has 2 heterocycles. The van der Waals surface area contributed by atoms with E-state index in [2.05, 4.69) is 22.5 Å². The van der Waals surface area contributed by atoms with Crippen LogP contribution in [0.3, 0.4) is 0 Å². The Balaban J connectivity index is 1.76. The molecule has 0 aromatic carbocycles. The van der Waals surface area contributed by atoms with Gasteiger partial charge in [-0.25, -0.2) is 4.98 Å². The van der Waals surface area contributed by atoms with E-state index in [1.165, 1.54) is 6.42 Å². The highest BCUT2D eigenvalue weighted by atomic mass is 16.5. The van der Waals surface area contributed by atoms with Crippen molar-refractivity contribution < 1.29 is 9.53 Å². The molecule has 1 atom stereocenters. The number of ether oxygens (including phenoxy) is 1. The molecule has 5 nitrogen and oxygen atoms in total. The molecule has 116 valence electrons. The maximum atomic E-state index is 12.1. The number of anilines is 1. The molecule has 1 aromatic heterocycles. The molecule has 0 aliphatic carbocycles. The topological polar surface area (TPSA) is 63.2 Å². The predicted octanol–water partition coefficient (Wildman–Crippen LogP) is 2.59. The molecule has 1 aliphatic rings. The smallest absolute Gasteiger partial charge is 0.269 e. The van der Waals surface area contributed by atoms with Crippen molar-refractivity contribution in [1.82, 2.24) is 10.3 Å². The van der Waals surface area contributed by atoms with Gasteiger partial charge in [0.1, 0.15) is 11.5 Å². The normalized spacial score (nSPS) is 18.2. The predicted molar refractivity (Wildman–Crippen MR) is 83.6 cm³/mol. The van der Waals surface area contributed by atoms with Crippen molar-refractivity contribution in [3.63, 3.8) is 0 Å². The number of carbonyl (C=O) groups excluding carboxylic acids is 1. The highest BCUT2D eigenvalue weighted by Gasteiger charge is 2.14. The van der Waals surface area contributed by atoms with Crippen LogP contribution in [0.2, 0.25) is 0 Å². The van der Waals surface area contributed by atoms with Gasteiger partial charge in [-0.1, -0.05) is 13.0 Å². The van der Waals surface area contributed by atoms with Gasteiger partial charge in [-0.2, -0.15) is 0 Å². The molecule has 1 aromatic rings. The standard InChI is InChI=1S/C16H25N3O2/c1-2-10-17-15-8-5-7-14(19-15)16(20)18-11-9-13-6-3-4-12-21-13/h5,7-8,13H,2-4,6,9-12H2,1H3,(H,17,19)(H,18,20). The monoisotopic (exact) mass is 291 g/mol. The van der Waals surface area contributed by atoms with Gasteiger partial charge in [-0.3, -0.25) is 4.79 Å². The lowest BCUT2D eigenvalue weighted by Crippen LogP contribution is -2.30. The SMILES string of the molecule is CCCNc1cccc(C(=O)NCCC2CCCCO2)n1. The third-order valence-corrected chi connectivity index (χ3v) is 3.56. The van der Waals surface area contributed by atoms with Crippen LogP contribution in [0.4, 0.5) is 5.82 Å². The molecule has 2 rings (SSSR count). The van der Waals surface area contributed by atoms with E-state index in [4.69, 9.17) is 4.74 Å². The zero-order chi connectivity index (χ0) is 14.9. The number of carbonyl (C=O) groups is 1. The van der Waals surface area contributed by atoms with E-state index in [0.717, 1.165) is 44.7 Å². The van der Waals surface area contributed by atoms with Crippen molar-refractivity contribution in [1.29, 1.82) is 0 Å². The van der Waals surface area contributed by atoms with Crippen LogP contribution in [0.1, 0.15) is 49.5 Å². The molecule has 1 amide bonds. The second-order valence-electron chi connectivity index (χ2n) is 5.37. The summed E-state index contributed by atoms with van der Waals surface area (Å²) in [6.07, 6.45) is 5.68. The highest BCUT2D eigenvalue weighted by Crippen LogP contribution is 2.14. The fraction of sp³-hybridized carbons (Fsp3) is 0.625. The molecule has 5 heteroatoms. The summed E-state index contributed by atoms with van der Waals surface area (Å²) in [5.74, 6) is 0.631. The van der Waals surface area contributed by atoms with Crippen LogP contribution in [0, 0.1) is 0 Å². The fourth-order valence-corrected chi connectivity index (χ4v) is 2.39. The Morgan fingerprint density at radius 2 is 2.29 bits per heavy atom. The lowest BCUT2D eigenvalue weighted by molar-refractivity contribution is 0.0117. The zero-order valence-electron chi connectivity index (χ0n) is 12.7. The first kappa shape index (κ1) is 15.8.